The highest BCUT2D eigenvalue weighted by Gasteiger charge is 2.25. The predicted molar refractivity (Wildman–Crippen MR) is 46.1 cm³/mol. The van der Waals surface area contributed by atoms with Crippen LogP contribution in [0.2, 0.25) is 0 Å². The van der Waals surface area contributed by atoms with Gasteiger partial charge in [0.15, 0.2) is 0 Å². The Hall–Kier alpha value is -1.69. The SMILES string of the molecule is O=[N+]([O-])c1ncccc1OCC1CO1. The molecule has 2 rings (SSSR count). The Bertz CT molecular complexity index is 351. The van der Waals surface area contributed by atoms with Gasteiger partial charge in [0, 0.05) is 0 Å². The van der Waals surface area contributed by atoms with Crippen LogP contribution in [-0.4, -0.2) is 29.2 Å². The van der Waals surface area contributed by atoms with Crippen LogP contribution in [0.25, 0.3) is 0 Å². The number of nitrogens with zero attached hydrogens (tertiary/aromatic N) is 2. The van der Waals surface area contributed by atoms with Crippen LogP contribution in [0, 0.1) is 10.1 Å². The van der Waals surface area contributed by atoms with E-state index in [0.717, 1.165) is 0 Å². The molecule has 2 heterocycles. The summed E-state index contributed by atoms with van der Waals surface area (Å²) in [4.78, 5) is 13.6. The fourth-order valence-electron chi connectivity index (χ4n) is 0.979. The van der Waals surface area contributed by atoms with Gasteiger partial charge < -0.3 is 19.6 Å². The van der Waals surface area contributed by atoms with E-state index in [1.807, 2.05) is 0 Å². The Morgan fingerprint density at radius 1 is 1.79 bits per heavy atom. The second kappa shape index (κ2) is 3.59. The Morgan fingerprint density at radius 2 is 2.57 bits per heavy atom. The minimum Gasteiger partial charge on any atom is -0.483 e. The molecule has 0 bridgehead atoms. The lowest BCUT2D eigenvalue weighted by atomic mass is 10.4. The van der Waals surface area contributed by atoms with Gasteiger partial charge in [-0.2, -0.15) is 0 Å². The molecule has 1 fully saturated rings. The van der Waals surface area contributed by atoms with E-state index in [2.05, 4.69) is 4.98 Å². The summed E-state index contributed by atoms with van der Waals surface area (Å²) >= 11 is 0. The summed E-state index contributed by atoms with van der Waals surface area (Å²) in [7, 11) is 0. The van der Waals surface area contributed by atoms with Gasteiger partial charge in [0.25, 0.3) is 0 Å². The molecule has 0 aromatic carbocycles. The Labute approximate surface area is 79.6 Å². The standard InChI is InChI=1S/C8H8N2O4/c11-10(12)8-7(2-1-3-9-8)14-5-6-4-13-6/h1-3,6H,4-5H2. The number of ether oxygens (including phenoxy) is 2. The molecule has 0 aliphatic carbocycles. The largest absolute Gasteiger partial charge is 0.483 e. The smallest absolute Gasteiger partial charge is 0.406 e. The molecule has 0 saturated carbocycles. The van der Waals surface area contributed by atoms with E-state index in [9.17, 15) is 10.1 Å². The lowest BCUT2D eigenvalue weighted by Gasteiger charge is -2.02. The monoisotopic (exact) mass is 196 g/mol. The highest BCUT2D eigenvalue weighted by molar-refractivity contribution is 5.38. The summed E-state index contributed by atoms with van der Waals surface area (Å²) in [5, 5.41) is 10.5. The number of aromatic nitrogens is 1. The van der Waals surface area contributed by atoms with E-state index in [4.69, 9.17) is 9.47 Å². The van der Waals surface area contributed by atoms with Crippen molar-refractivity contribution in [2.75, 3.05) is 13.2 Å². The first-order valence-corrected chi connectivity index (χ1v) is 4.11. The molecule has 14 heavy (non-hydrogen) atoms. The van der Waals surface area contributed by atoms with E-state index in [1.54, 1.807) is 6.07 Å². The van der Waals surface area contributed by atoms with Gasteiger partial charge >= 0.3 is 5.82 Å². The first kappa shape index (κ1) is 8.89. The molecule has 1 atom stereocenters. The van der Waals surface area contributed by atoms with Gasteiger partial charge in [-0.05, 0) is 22.0 Å². The van der Waals surface area contributed by atoms with E-state index in [1.165, 1.54) is 12.3 Å². The van der Waals surface area contributed by atoms with Crippen molar-refractivity contribution in [1.29, 1.82) is 0 Å². The molecule has 6 heteroatoms. The fourth-order valence-corrected chi connectivity index (χ4v) is 0.979. The Balaban J connectivity index is 2.09. The van der Waals surface area contributed by atoms with E-state index < -0.39 is 4.92 Å². The lowest BCUT2D eigenvalue weighted by molar-refractivity contribution is -0.390. The van der Waals surface area contributed by atoms with Crippen LogP contribution in [0.15, 0.2) is 18.3 Å². The molecule has 1 aromatic rings. The molecule has 0 radical (unpaired) electrons. The van der Waals surface area contributed by atoms with Crippen molar-refractivity contribution < 1.29 is 14.4 Å². The molecular formula is C8H8N2O4. The highest BCUT2D eigenvalue weighted by atomic mass is 16.6. The van der Waals surface area contributed by atoms with Crippen molar-refractivity contribution in [1.82, 2.24) is 4.98 Å². The molecule has 1 aliphatic rings. The molecule has 6 nitrogen and oxygen atoms in total. The average Bonchev–Trinajstić information content (AvgIpc) is 2.98. The number of rotatable bonds is 4. The normalized spacial score (nSPS) is 19.0. The molecule has 1 saturated heterocycles. The Morgan fingerprint density at radius 3 is 3.21 bits per heavy atom. The first-order valence-electron chi connectivity index (χ1n) is 4.11. The third-order valence-corrected chi connectivity index (χ3v) is 1.75. The van der Waals surface area contributed by atoms with Gasteiger partial charge in [-0.25, -0.2) is 0 Å². The highest BCUT2D eigenvalue weighted by Crippen LogP contribution is 2.24. The van der Waals surface area contributed by atoms with Crippen LogP contribution >= 0.6 is 0 Å². The van der Waals surface area contributed by atoms with E-state index in [0.29, 0.717) is 13.2 Å². The van der Waals surface area contributed by atoms with Gasteiger partial charge in [-0.3, -0.25) is 0 Å². The summed E-state index contributed by atoms with van der Waals surface area (Å²) in [6.07, 6.45) is 1.44. The van der Waals surface area contributed by atoms with Gasteiger partial charge in [-0.1, -0.05) is 0 Å². The minimum atomic E-state index is -0.566. The van der Waals surface area contributed by atoms with Crippen LogP contribution in [-0.2, 0) is 4.74 Å². The van der Waals surface area contributed by atoms with Gasteiger partial charge in [-0.15, -0.1) is 0 Å². The van der Waals surface area contributed by atoms with Gasteiger partial charge in [0.05, 0.1) is 6.61 Å². The number of pyridine rings is 1. The molecule has 1 aliphatic heterocycles. The molecule has 0 N–H and O–H groups in total. The maximum absolute atomic E-state index is 10.5. The summed E-state index contributed by atoms with van der Waals surface area (Å²) in [5.41, 5.74) is 0. The van der Waals surface area contributed by atoms with Crippen LogP contribution in [0.1, 0.15) is 0 Å². The zero-order valence-corrected chi connectivity index (χ0v) is 7.25. The summed E-state index contributed by atoms with van der Waals surface area (Å²) in [5.74, 6) is -0.0684. The lowest BCUT2D eigenvalue weighted by Crippen LogP contribution is -2.06. The third-order valence-electron chi connectivity index (χ3n) is 1.75. The summed E-state index contributed by atoms with van der Waals surface area (Å²) in [6.45, 7) is 1.00. The van der Waals surface area contributed by atoms with Gasteiger partial charge in [0.2, 0.25) is 5.75 Å². The fraction of sp³-hybridized carbons (Fsp3) is 0.375. The van der Waals surface area contributed by atoms with Crippen molar-refractivity contribution in [3.63, 3.8) is 0 Å². The second-order valence-electron chi connectivity index (χ2n) is 2.85. The summed E-state index contributed by atoms with van der Waals surface area (Å²) < 4.78 is 10.1. The quantitative estimate of drug-likeness (QED) is 0.403. The van der Waals surface area contributed by atoms with Crippen molar-refractivity contribution in [3.8, 4) is 5.75 Å². The zero-order valence-electron chi connectivity index (χ0n) is 7.25. The van der Waals surface area contributed by atoms with Crippen LogP contribution in [0.3, 0.4) is 0 Å². The first-order chi connectivity index (χ1) is 6.77. The van der Waals surface area contributed by atoms with Crippen molar-refractivity contribution in [2.24, 2.45) is 0 Å². The molecule has 74 valence electrons. The van der Waals surface area contributed by atoms with Crippen molar-refractivity contribution in [3.05, 3.63) is 28.4 Å². The van der Waals surface area contributed by atoms with Gasteiger partial charge in [0.1, 0.15) is 18.9 Å². The Kier molecular flexibility index (Phi) is 2.28. The molecule has 0 spiro atoms. The van der Waals surface area contributed by atoms with Crippen LogP contribution in [0.4, 0.5) is 5.82 Å². The number of hydrogen-bond donors (Lipinski definition) is 0. The number of nitro groups is 1. The predicted octanol–water partition coefficient (Wildman–Crippen LogP) is 0.767. The second-order valence-corrected chi connectivity index (χ2v) is 2.85. The number of epoxide rings is 1. The van der Waals surface area contributed by atoms with Crippen molar-refractivity contribution in [2.45, 2.75) is 6.10 Å². The van der Waals surface area contributed by atoms with E-state index >= 15 is 0 Å². The topological polar surface area (TPSA) is 77.8 Å². The molecule has 1 unspecified atom stereocenters. The maximum Gasteiger partial charge on any atom is 0.406 e. The number of hydrogen-bond acceptors (Lipinski definition) is 5. The third kappa shape index (κ3) is 1.97. The van der Waals surface area contributed by atoms with E-state index in [-0.39, 0.29) is 17.7 Å². The van der Waals surface area contributed by atoms with Crippen molar-refractivity contribution >= 4 is 5.82 Å². The zero-order chi connectivity index (χ0) is 9.97. The average molecular weight is 196 g/mol. The molecule has 1 aromatic heterocycles. The van der Waals surface area contributed by atoms with Crippen LogP contribution < -0.4 is 4.74 Å². The molecule has 0 amide bonds. The summed E-state index contributed by atoms with van der Waals surface area (Å²) in [6, 6.07) is 3.11. The maximum atomic E-state index is 10.5. The van der Waals surface area contributed by atoms with Crippen LogP contribution in [0.5, 0.6) is 5.75 Å². The minimum absolute atomic E-state index is 0.0785. The molecular weight excluding hydrogens is 188 g/mol.